The maximum Gasteiger partial charge on any atom is 0.254 e. The first-order valence-corrected chi connectivity index (χ1v) is 9.75. The lowest BCUT2D eigenvalue weighted by Crippen LogP contribution is -2.45. The number of hydrogen-bond acceptors (Lipinski definition) is 6. The van der Waals surface area contributed by atoms with Crippen LogP contribution in [-0.2, 0) is 17.7 Å². The van der Waals surface area contributed by atoms with Crippen LogP contribution >= 0.6 is 11.3 Å². The van der Waals surface area contributed by atoms with E-state index in [0.717, 1.165) is 43.1 Å². The molecule has 134 valence electrons. The summed E-state index contributed by atoms with van der Waals surface area (Å²) in [5, 5.41) is 7.97. The van der Waals surface area contributed by atoms with E-state index in [2.05, 4.69) is 17.0 Å². The summed E-state index contributed by atoms with van der Waals surface area (Å²) in [5.41, 5.74) is 1.78. The number of fused-ring (bicyclic) bond motifs is 3. The summed E-state index contributed by atoms with van der Waals surface area (Å²) < 4.78 is 11.3. The molecule has 7 heteroatoms. The van der Waals surface area contributed by atoms with Crippen LogP contribution in [0.25, 0.3) is 0 Å². The maximum atomic E-state index is 12.8. The van der Waals surface area contributed by atoms with Gasteiger partial charge in [0.15, 0.2) is 5.76 Å². The van der Waals surface area contributed by atoms with E-state index in [0.29, 0.717) is 25.7 Å². The summed E-state index contributed by atoms with van der Waals surface area (Å²) in [6, 6.07) is 4.12. The number of carbonyl (C=O) groups is 1. The zero-order valence-corrected chi connectivity index (χ0v) is 15.2. The van der Waals surface area contributed by atoms with E-state index in [1.807, 2.05) is 27.8 Å². The Kier molecular flexibility index (Phi) is 4.87. The predicted octanol–water partition coefficient (Wildman–Crippen LogP) is 2.27. The van der Waals surface area contributed by atoms with Crippen molar-refractivity contribution in [2.45, 2.75) is 25.9 Å². The van der Waals surface area contributed by atoms with Crippen molar-refractivity contribution in [2.75, 3.05) is 32.8 Å². The highest BCUT2D eigenvalue weighted by Gasteiger charge is 2.35. The van der Waals surface area contributed by atoms with Gasteiger partial charge < -0.3 is 14.2 Å². The zero-order valence-electron chi connectivity index (χ0n) is 14.4. The summed E-state index contributed by atoms with van der Waals surface area (Å²) in [4.78, 5) is 17.2. The number of aryl methyl sites for hydroxylation is 1. The summed E-state index contributed by atoms with van der Waals surface area (Å²) >= 11 is 1.56. The molecule has 6 nitrogen and oxygen atoms in total. The molecule has 4 heterocycles. The Morgan fingerprint density at radius 1 is 1.36 bits per heavy atom. The monoisotopic (exact) mass is 361 g/mol. The molecule has 0 unspecified atom stereocenters. The van der Waals surface area contributed by atoms with Crippen LogP contribution in [0.2, 0.25) is 0 Å². The van der Waals surface area contributed by atoms with Gasteiger partial charge in [0.05, 0.1) is 37.1 Å². The van der Waals surface area contributed by atoms with Crippen LogP contribution in [0.1, 0.15) is 28.7 Å². The van der Waals surface area contributed by atoms with Crippen molar-refractivity contribution < 1.29 is 14.1 Å². The second kappa shape index (κ2) is 7.27. The third-order valence-electron chi connectivity index (χ3n) is 4.97. The number of aromatic nitrogens is 1. The smallest absolute Gasteiger partial charge is 0.254 e. The van der Waals surface area contributed by atoms with Crippen molar-refractivity contribution in [3.63, 3.8) is 0 Å². The third-order valence-corrected chi connectivity index (χ3v) is 5.65. The van der Waals surface area contributed by atoms with E-state index in [1.165, 1.54) is 0 Å². The minimum Gasteiger partial charge on any atom is -0.379 e. The molecule has 2 bridgehead atoms. The lowest BCUT2D eigenvalue weighted by atomic mass is 10.1. The van der Waals surface area contributed by atoms with Gasteiger partial charge in [0.25, 0.3) is 5.91 Å². The number of nitrogens with zero attached hydrogens (tertiary/aromatic N) is 3. The fourth-order valence-corrected chi connectivity index (χ4v) is 4.28. The normalized spacial score (nSPS) is 24.3. The van der Waals surface area contributed by atoms with Gasteiger partial charge in [0.2, 0.25) is 0 Å². The number of carbonyl (C=O) groups excluding carboxylic acids is 1. The lowest BCUT2D eigenvalue weighted by molar-refractivity contribution is 0.0398. The first-order chi connectivity index (χ1) is 12.2. The van der Waals surface area contributed by atoms with Crippen LogP contribution in [-0.4, -0.2) is 59.8 Å². The van der Waals surface area contributed by atoms with E-state index in [1.54, 1.807) is 11.3 Å². The fourth-order valence-electron chi connectivity index (χ4n) is 3.65. The molecule has 25 heavy (non-hydrogen) atoms. The van der Waals surface area contributed by atoms with Gasteiger partial charge in [0.1, 0.15) is 0 Å². The third kappa shape index (κ3) is 3.63. The fraction of sp³-hybridized carbons (Fsp3) is 0.556. The van der Waals surface area contributed by atoms with Crippen molar-refractivity contribution in [2.24, 2.45) is 5.92 Å². The Bertz CT molecular complexity index is 715. The average Bonchev–Trinajstić information content (AvgIpc) is 3.21. The van der Waals surface area contributed by atoms with Crippen LogP contribution in [0.4, 0.5) is 0 Å². The Hall–Kier alpha value is -1.70. The van der Waals surface area contributed by atoms with Gasteiger partial charge in [-0.15, -0.1) is 0 Å². The summed E-state index contributed by atoms with van der Waals surface area (Å²) in [7, 11) is 0. The van der Waals surface area contributed by atoms with Gasteiger partial charge in [-0.25, -0.2) is 0 Å². The van der Waals surface area contributed by atoms with Crippen molar-refractivity contribution in [3.05, 3.63) is 39.9 Å². The minimum absolute atomic E-state index is 0.132. The Morgan fingerprint density at radius 2 is 2.28 bits per heavy atom. The van der Waals surface area contributed by atoms with Gasteiger partial charge in [-0.2, -0.15) is 11.3 Å². The van der Waals surface area contributed by atoms with Crippen molar-refractivity contribution in [3.8, 4) is 0 Å². The van der Waals surface area contributed by atoms with Crippen LogP contribution in [0.3, 0.4) is 0 Å². The van der Waals surface area contributed by atoms with E-state index in [4.69, 9.17) is 9.26 Å². The molecule has 2 fully saturated rings. The molecule has 2 aromatic rings. The molecule has 0 saturated carbocycles. The molecule has 0 spiro atoms. The second-order valence-corrected chi connectivity index (χ2v) is 7.63. The summed E-state index contributed by atoms with van der Waals surface area (Å²) in [6.07, 6.45) is 0.877. The zero-order chi connectivity index (χ0) is 17.2. The number of amides is 1. The van der Waals surface area contributed by atoms with Crippen LogP contribution in [0.5, 0.6) is 0 Å². The highest BCUT2D eigenvalue weighted by Crippen LogP contribution is 2.23. The van der Waals surface area contributed by atoms with E-state index in [-0.39, 0.29) is 11.9 Å². The standard InChI is InChI=1S/C18H23N3O3S/c1-2-15-5-17(24-19-15)9-20-6-13-7-21(8-16(20)11-23-10-13)18(22)14-3-4-25-12-14/h3-5,12-13,16H,2,6-11H2,1H3/t13-,16+/m1/s1. The topological polar surface area (TPSA) is 58.8 Å². The van der Waals surface area contributed by atoms with E-state index < -0.39 is 0 Å². The molecule has 2 aliphatic heterocycles. The number of ether oxygens (including phenoxy) is 1. The largest absolute Gasteiger partial charge is 0.379 e. The molecule has 0 radical (unpaired) electrons. The quantitative estimate of drug-likeness (QED) is 0.836. The molecule has 0 aliphatic carbocycles. The molecular weight excluding hydrogens is 338 g/mol. The lowest BCUT2D eigenvalue weighted by Gasteiger charge is -2.30. The minimum atomic E-state index is 0.132. The molecule has 0 aromatic carbocycles. The maximum absolute atomic E-state index is 12.8. The Morgan fingerprint density at radius 3 is 3.04 bits per heavy atom. The highest BCUT2D eigenvalue weighted by molar-refractivity contribution is 7.08. The molecule has 0 N–H and O–H groups in total. The summed E-state index contributed by atoms with van der Waals surface area (Å²) in [6.45, 7) is 6.51. The predicted molar refractivity (Wildman–Crippen MR) is 94.6 cm³/mol. The molecule has 2 aromatic heterocycles. The first kappa shape index (κ1) is 16.8. The number of rotatable bonds is 4. The van der Waals surface area contributed by atoms with Crippen molar-refractivity contribution in [1.82, 2.24) is 15.0 Å². The molecule has 2 atom stereocenters. The van der Waals surface area contributed by atoms with Crippen molar-refractivity contribution in [1.29, 1.82) is 0 Å². The van der Waals surface area contributed by atoms with Crippen LogP contribution < -0.4 is 0 Å². The number of hydrogen-bond donors (Lipinski definition) is 0. The Labute approximate surface area is 151 Å². The summed E-state index contributed by atoms with van der Waals surface area (Å²) in [5.74, 6) is 1.34. The van der Waals surface area contributed by atoms with Gasteiger partial charge in [-0.1, -0.05) is 12.1 Å². The van der Waals surface area contributed by atoms with Gasteiger partial charge >= 0.3 is 0 Å². The van der Waals surface area contributed by atoms with Crippen LogP contribution in [0, 0.1) is 5.92 Å². The highest BCUT2D eigenvalue weighted by atomic mass is 32.1. The Balaban J connectivity index is 1.50. The SMILES string of the molecule is CCc1cc(CN2C[C@H]3COC[C@@H]2CN(C(=O)c2ccsc2)C3)on1. The van der Waals surface area contributed by atoms with E-state index >= 15 is 0 Å². The van der Waals surface area contributed by atoms with Crippen molar-refractivity contribution >= 4 is 17.2 Å². The molecule has 4 rings (SSSR count). The molecule has 2 saturated heterocycles. The van der Waals surface area contributed by atoms with Crippen LogP contribution in [0.15, 0.2) is 27.4 Å². The average molecular weight is 361 g/mol. The van der Waals surface area contributed by atoms with E-state index in [9.17, 15) is 4.79 Å². The van der Waals surface area contributed by atoms with Gasteiger partial charge in [-0.3, -0.25) is 9.69 Å². The molecule has 1 amide bonds. The molecular formula is C18H23N3O3S. The number of thiophene rings is 1. The molecule has 2 aliphatic rings. The van der Waals surface area contributed by atoms with Gasteiger partial charge in [0, 0.05) is 37.0 Å². The van der Waals surface area contributed by atoms with Gasteiger partial charge in [-0.05, 0) is 17.9 Å². The first-order valence-electron chi connectivity index (χ1n) is 8.80. The second-order valence-electron chi connectivity index (χ2n) is 6.85.